The summed E-state index contributed by atoms with van der Waals surface area (Å²) >= 11 is 0. The Morgan fingerprint density at radius 1 is 1.45 bits per heavy atom. The predicted molar refractivity (Wildman–Crippen MR) is 79.8 cm³/mol. The number of carbonyl (C=O) groups excluding carboxylic acids is 1. The van der Waals surface area contributed by atoms with Gasteiger partial charge < -0.3 is 19.5 Å². The van der Waals surface area contributed by atoms with Crippen LogP contribution in [0.1, 0.15) is 25.3 Å². The number of hydrogen-bond donors (Lipinski definition) is 1. The van der Waals surface area contributed by atoms with Gasteiger partial charge in [-0.3, -0.25) is 4.79 Å². The van der Waals surface area contributed by atoms with Crippen LogP contribution < -0.4 is 14.8 Å². The first kappa shape index (κ1) is 16.1. The third-order valence-electron chi connectivity index (χ3n) is 3.28. The van der Waals surface area contributed by atoms with Gasteiger partial charge >= 0.3 is 0 Å². The minimum Gasteiger partial charge on any atom is -0.490 e. The van der Waals surface area contributed by atoms with Crippen molar-refractivity contribution in [1.82, 2.24) is 5.32 Å². The molecule has 118 valence electrons. The number of ether oxygens (including phenoxy) is 3. The first-order valence-electron chi connectivity index (χ1n) is 7.41. The van der Waals surface area contributed by atoms with Crippen LogP contribution in [0.2, 0.25) is 0 Å². The molecule has 22 heavy (non-hydrogen) atoms. The number of nitriles is 1. The molecule has 1 aliphatic rings. The molecule has 0 unspecified atom stereocenters. The first-order valence-corrected chi connectivity index (χ1v) is 7.41. The highest BCUT2D eigenvalue weighted by Crippen LogP contribution is 2.28. The summed E-state index contributed by atoms with van der Waals surface area (Å²) in [7, 11) is 0. The second-order valence-corrected chi connectivity index (χ2v) is 4.93. The lowest BCUT2D eigenvalue weighted by atomic mass is 10.2. The summed E-state index contributed by atoms with van der Waals surface area (Å²) in [4.78, 5) is 11.8. The molecule has 1 saturated heterocycles. The zero-order chi connectivity index (χ0) is 15.8. The van der Waals surface area contributed by atoms with Crippen LogP contribution in [0.3, 0.4) is 0 Å². The average Bonchev–Trinajstić information content (AvgIpc) is 3.05. The van der Waals surface area contributed by atoms with Crippen molar-refractivity contribution in [3.63, 3.8) is 0 Å². The number of carbonyl (C=O) groups is 1. The van der Waals surface area contributed by atoms with E-state index in [1.165, 1.54) is 0 Å². The quantitative estimate of drug-likeness (QED) is 0.828. The highest BCUT2D eigenvalue weighted by atomic mass is 16.5. The molecular formula is C16H20N2O4. The lowest BCUT2D eigenvalue weighted by Crippen LogP contribution is -2.35. The summed E-state index contributed by atoms with van der Waals surface area (Å²) < 4.78 is 16.3. The van der Waals surface area contributed by atoms with Gasteiger partial charge in [0, 0.05) is 19.2 Å². The molecule has 1 heterocycles. The molecule has 1 amide bonds. The first-order chi connectivity index (χ1) is 10.7. The van der Waals surface area contributed by atoms with Crippen LogP contribution in [0, 0.1) is 11.3 Å². The summed E-state index contributed by atoms with van der Waals surface area (Å²) in [6.07, 6.45) is 2.13. The largest absolute Gasteiger partial charge is 0.490 e. The molecule has 0 aliphatic carbocycles. The molecule has 1 fully saturated rings. The Balaban J connectivity index is 1.84. The highest BCUT2D eigenvalue weighted by molar-refractivity contribution is 5.77. The van der Waals surface area contributed by atoms with Crippen molar-refractivity contribution in [3.8, 4) is 17.6 Å². The minimum atomic E-state index is -0.206. The molecule has 0 bridgehead atoms. The smallest absolute Gasteiger partial charge is 0.258 e. The number of amides is 1. The van der Waals surface area contributed by atoms with E-state index in [2.05, 4.69) is 5.32 Å². The van der Waals surface area contributed by atoms with E-state index in [-0.39, 0.29) is 18.6 Å². The molecule has 2 rings (SSSR count). The SMILES string of the molecule is CCOc1cc(C#N)ccc1OCC(=O)NC[C@@H]1CCCO1. The van der Waals surface area contributed by atoms with Crippen LogP contribution in [-0.4, -0.2) is 38.4 Å². The summed E-state index contributed by atoms with van der Waals surface area (Å²) in [6, 6.07) is 6.90. The van der Waals surface area contributed by atoms with Gasteiger partial charge in [0.2, 0.25) is 0 Å². The van der Waals surface area contributed by atoms with Crippen LogP contribution in [0.15, 0.2) is 18.2 Å². The van der Waals surface area contributed by atoms with E-state index in [1.54, 1.807) is 18.2 Å². The van der Waals surface area contributed by atoms with Crippen molar-refractivity contribution in [1.29, 1.82) is 5.26 Å². The maximum absolute atomic E-state index is 11.8. The van der Waals surface area contributed by atoms with Crippen LogP contribution in [0.5, 0.6) is 11.5 Å². The van der Waals surface area contributed by atoms with Gasteiger partial charge in [-0.1, -0.05) is 0 Å². The van der Waals surface area contributed by atoms with Gasteiger partial charge in [-0.15, -0.1) is 0 Å². The molecule has 1 aromatic carbocycles. The molecule has 1 aliphatic heterocycles. The lowest BCUT2D eigenvalue weighted by molar-refractivity contribution is -0.123. The van der Waals surface area contributed by atoms with Gasteiger partial charge in [0.15, 0.2) is 18.1 Å². The molecule has 0 saturated carbocycles. The van der Waals surface area contributed by atoms with Crippen molar-refractivity contribution in [3.05, 3.63) is 23.8 Å². The van der Waals surface area contributed by atoms with Crippen LogP contribution in [-0.2, 0) is 9.53 Å². The Labute approximate surface area is 130 Å². The fourth-order valence-electron chi connectivity index (χ4n) is 2.19. The van der Waals surface area contributed by atoms with E-state index >= 15 is 0 Å². The van der Waals surface area contributed by atoms with Gasteiger partial charge in [-0.25, -0.2) is 0 Å². The highest BCUT2D eigenvalue weighted by Gasteiger charge is 2.16. The normalized spacial score (nSPS) is 16.8. The Hall–Kier alpha value is -2.26. The van der Waals surface area contributed by atoms with Crippen LogP contribution in [0.4, 0.5) is 0 Å². The fourth-order valence-corrected chi connectivity index (χ4v) is 2.19. The molecule has 1 atom stereocenters. The molecule has 6 nitrogen and oxygen atoms in total. The van der Waals surface area contributed by atoms with E-state index < -0.39 is 0 Å². The second kappa shape index (κ2) is 8.25. The average molecular weight is 304 g/mol. The Bertz CT molecular complexity index is 548. The minimum absolute atomic E-state index is 0.0985. The van der Waals surface area contributed by atoms with E-state index in [1.807, 2.05) is 13.0 Å². The third kappa shape index (κ3) is 4.64. The van der Waals surface area contributed by atoms with Crippen molar-refractivity contribution in [2.45, 2.75) is 25.9 Å². The summed E-state index contributed by atoms with van der Waals surface area (Å²) in [5.41, 5.74) is 0.485. The molecule has 0 aromatic heterocycles. The number of hydrogen-bond acceptors (Lipinski definition) is 5. The zero-order valence-electron chi connectivity index (χ0n) is 12.6. The maximum atomic E-state index is 11.8. The molecule has 6 heteroatoms. The maximum Gasteiger partial charge on any atom is 0.258 e. The van der Waals surface area contributed by atoms with E-state index in [4.69, 9.17) is 19.5 Å². The van der Waals surface area contributed by atoms with Gasteiger partial charge in [-0.2, -0.15) is 5.26 Å². The summed E-state index contributed by atoms with van der Waals surface area (Å²) in [5.74, 6) is 0.712. The third-order valence-corrected chi connectivity index (χ3v) is 3.28. The van der Waals surface area contributed by atoms with Gasteiger partial charge in [-0.05, 0) is 31.9 Å². The summed E-state index contributed by atoms with van der Waals surface area (Å²) in [5, 5.41) is 11.7. The Kier molecular flexibility index (Phi) is 6.04. The van der Waals surface area contributed by atoms with Crippen molar-refractivity contribution in [2.75, 3.05) is 26.4 Å². The monoisotopic (exact) mass is 304 g/mol. The molecular weight excluding hydrogens is 284 g/mol. The van der Waals surface area contributed by atoms with Gasteiger partial charge in [0.05, 0.1) is 24.3 Å². The van der Waals surface area contributed by atoms with Crippen molar-refractivity contribution < 1.29 is 19.0 Å². The molecule has 1 N–H and O–H groups in total. The van der Waals surface area contributed by atoms with Gasteiger partial charge in [0.25, 0.3) is 5.91 Å². The van der Waals surface area contributed by atoms with E-state index in [0.717, 1.165) is 19.4 Å². The van der Waals surface area contributed by atoms with Gasteiger partial charge in [0.1, 0.15) is 0 Å². The van der Waals surface area contributed by atoms with Crippen molar-refractivity contribution in [2.24, 2.45) is 0 Å². The van der Waals surface area contributed by atoms with E-state index in [9.17, 15) is 4.79 Å². The topological polar surface area (TPSA) is 80.6 Å². The second-order valence-electron chi connectivity index (χ2n) is 4.93. The molecule has 0 spiro atoms. The number of nitrogens with zero attached hydrogens (tertiary/aromatic N) is 1. The molecule has 1 aromatic rings. The Morgan fingerprint density at radius 2 is 2.32 bits per heavy atom. The summed E-state index contributed by atoms with van der Waals surface area (Å²) in [6.45, 7) is 3.47. The lowest BCUT2D eigenvalue weighted by Gasteiger charge is -2.13. The fraction of sp³-hybridized carbons (Fsp3) is 0.500. The molecule has 0 radical (unpaired) electrons. The Morgan fingerprint density at radius 3 is 3.00 bits per heavy atom. The standard InChI is InChI=1S/C16H20N2O4/c1-2-20-15-8-12(9-17)5-6-14(15)22-11-16(19)18-10-13-4-3-7-21-13/h5-6,8,13H,2-4,7,10-11H2,1H3,(H,18,19)/t13-/m0/s1. The zero-order valence-corrected chi connectivity index (χ0v) is 12.6. The number of benzene rings is 1. The number of nitrogens with one attached hydrogen (secondary N) is 1. The van der Waals surface area contributed by atoms with Crippen LogP contribution in [0.25, 0.3) is 0 Å². The van der Waals surface area contributed by atoms with Crippen LogP contribution >= 0.6 is 0 Å². The predicted octanol–water partition coefficient (Wildman–Crippen LogP) is 1.63. The van der Waals surface area contributed by atoms with E-state index in [0.29, 0.717) is 30.2 Å². The van der Waals surface area contributed by atoms with Crippen molar-refractivity contribution >= 4 is 5.91 Å². The number of rotatable bonds is 7.